The van der Waals surface area contributed by atoms with Gasteiger partial charge in [-0.05, 0) is 70.1 Å². The fourth-order valence-electron chi connectivity index (χ4n) is 4.97. The lowest BCUT2D eigenvalue weighted by atomic mass is 9.93. The lowest BCUT2D eigenvalue weighted by molar-refractivity contribution is -0.192. The minimum Gasteiger partial charge on any atom is -0.475 e. The number of rotatable bonds is 9. The van der Waals surface area contributed by atoms with E-state index in [2.05, 4.69) is 39.7 Å². The Bertz CT molecular complexity index is 1660. The molecule has 0 aliphatic carbocycles. The van der Waals surface area contributed by atoms with E-state index in [4.69, 9.17) is 14.9 Å². The largest absolute Gasteiger partial charge is 0.490 e. The van der Waals surface area contributed by atoms with Crippen LogP contribution in [-0.4, -0.2) is 77.3 Å². The standard InChI is InChI=1S/C30H37F2N7O2.C2HF3O2/c1-17(2)35-27(40)19-12-11-18(3)20(13-19)24-21-14-33-29(41)39(25-22(31)9-8-10-23(25)32)26(21)37-28(36-24)34-15-30(4,5)16-38(6)7;3-2(4,5)1(6)7/h8-13,17H,14-16H2,1-7H3,(H,33,41)(H,35,40)(H,34,36,37);(H,6,7). The normalized spacial score (nSPS) is 13.0. The van der Waals surface area contributed by atoms with Gasteiger partial charge in [0, 0.05) is 35.8 Å². The van der Waals surface area contributed by atoms with Gasteiger partial charge >= 0.3 is 18.2 Å². The lowest BCUT2D eigenvalue weighted by Gasteiger charge is -2.32. The Morgan fingerprint density at radius 2 is 1.69 bits per heavy atom. The number of benzene rings is 2. The molecule has 0 atom stereocenters. The molecule has 0 fully saturated rings. The third-order valence-electron chi connectivity index (χ3n) is 6.86. The second kappa shape index (κ2) is 14.9. The van der Waals surface area contributed by atoms with E-state index >= 15 is 0 Å². The summed E-state index contributed by atoms with van der Waals surface area (Å²) >= 11 is 0. The molecule has 3 amide bonds. The van der Waals surface area contributed by atoms with Gasteiger partial charge in [0.15, 0.2) is 5.82 Å². The highest BCUT2D eigenvalue weighted by Gasteiger charge is 2.38. The number of aliphatic carboxylic acids is 1. The Hall–Kier alpha value is -4.86. The predicted octanol–water partition coefficient (Wildman–Crippen LogP) is 5.86. The van der Waals surface area contributed by atoms with Crippen molar-refractivity contribution in [3.8, 4) is 11.3 Å². The fraction of sp³-hybridized carbons (Fsp3) is 0.406. The number of carboxylic acid groups (broad SMARTS) is 1. The van der Waals surface area contributed by atoms with Gasteiger partial charge in [0.05, 0.1) is 12.2 Å². The molecular formula is C32H38F5N7O4. The summed E-state index contributed by atoms with van der Waals surface area (Å²) in [5.74, 6) is -4.55. The Labute approximate surface area is 274 Å². The highest BCUT2D eigenvalue weighted by Crippen LogP contribution is 2.39. The number of aryl methyl sites for hydroxylation is 1. The second-order valence-electron chi connectivity index (χ2n) is 12.5. The molecule has 0 saturated carbocycles. The number of carboxylic acids is 1. The number of nitrogens with zero attached hydrogens (tertiary/aromatic N) is 4. The van der Waals surface area contributed by atoms with Crippen molar-refractivity contribution in [2.45, 2.75) is 53.4 Å². The predicted molar refractivity (Wildman–Crippen MR) is 170 cm³/mol. The van der Waals surface area contributed by atoms with Crippen LogP contribution in [0.1, 0.15) is 49.2 Å². The minimum absolute atomic E-state index is 0.0321. The lowest BCUT2D eigenvalue weighted by Crippen LogP contribution is -2.43. The molecule has 0 bridgehead atoms. The third kappa shape index (κ3) is 9.36. The van der Waals surface area contributed by atoms with E-state index in [9.17, 15) is 31.5 Å². The Kier molecular flexibility index (Phi) is 11.7. The molecule has 0 spiro atoms. The summed E-state index contributed by atoms with van der Waals surface area (Å²) < 4.78 is 61.7. The summed E-state index contributed by atoms with van der Waals surface area (Å²) in [6.07, 6.45) is -5.08. The maximum atomic E-state index is 15.0. The molecule has 3 aromatic rings. The zero-order valence-corrected chi connectivity index (χ0v) is 27.5. The van der Waals surface area contributed by atoms with Crippen LogP contribution in [0.2, 0.25) is 0 Å². The Morgan fingerprint density at radius 3 is 2.23 bits per heavy atom. The smallest absolute Gasteiger partial charge is 0.475 e. The molecule has 2 heterocycles. The van der Waals surface area contributed by atoms with Gasteiger partial charge in [-0.2, -0.15) is 18.2 Å². The Balaban J connectivity index is 0.000000804. The summed E-state index contributed by atoms with van der Waals surface area (Å²) in [5.41, 5.74) is 2.10. The topological polar surface area (TPSA) is 140 Å². The number of hydrogen-bond donors (Lipinski definition) is 4. The first-order valence-corrected chi connectivity index (χ1v) is 14.7. The van der Waals surface area contributed by atoms with E-state index < -0.39 is 35.5 Å². The molecule has 1 aliphatic rings. The maximum absolute atomic E-state index is 15.0. The summed E-state index contributed by atoms with van der Waals surface area (Å²) in [5, 5.41) is 16.0. The number of alkyl halides is 3. The van der Waals surface area contributed by atoms with E-state index in [0.717, 1.165) is 29.1 Å². The molecule has 1 aromatic heterocycles. The van der Waals surface area contributed by atoms with E-state index in [-0.39, 0.29) is 35.7 Å². The van der Waals surface area contributed by atoms with Crippen molar-refractivity contribution >= 4 is 35.4 Å². The monoisotopic (exact) mass is 679 g/mol. The van der Waals surface area contributed by atoms with Crippen LogP contribution in [-0.2, 0) is 11.3 Å². The van der Waals surface area contributed by atoms with Gasteiger partial charge in [-0.15, -0.1) is 0 Å². The van der Waals surface area contributed by atoms with Crippen LogP contribution in [0.3, 0.4) is 0 Å². The Morgan fingerprint density at radius 1 is 1.08 bits per heavy atom. The van der Waals surface area contributed by atoms with Crippen LogP contribution in [0.5, 0.6) is 0 Å². The van der Waals surface area contributed by atoms with Gasteiger partial charge in [0.1, 0.15) is 17.3 Å². The van der Waals surface area contributed by atoms with Gasteiger partial charge in [-0.3, -0.25) is 4.79 Å². The van der Waals surface area contributed by atoms with Crippen molar-refractivity contribution in [1.82, 2.24) is 25.5 Å². The number of para-hydroxylation sites is 1. The van der Waals surface area contributed by atoms with Crippen molar-refractivity contribution in [1.29, 1.82) is 0 Å². The number of amides is 3. The quantitative estimate of drug-likeness (QED) is 0.206. The molecule has 4 rings (SSSR count). The number of halogens is 5. The number of carbonyl (C=O) groups is 3. The van der Waals surface area contributed by atoms with Crippen LogP contribution < -0.4 is 20.9 Å². The molecule has 0 radical (unpaired) electrons. The highest BCUT2D eigenvalue weighted by molar-refractivity contribution is 6.02. The number of urea groups is 1. The molecule has 0 saturated heterocycles. The first-order chi connectivity index (χ1) is 22.2. The number of anilines is 3. The molecule has 0 unspecified atom stereocenters. The average molecular weight is 680 g/mol. The molecule has 11 nitrogen and oxygen atoms in total. The van der Waals surface area contributed by atoms with Crippen LogP contribution >= 0.6 is 0 Å². The number of nitrogens with one attached hydrogen (secondary N) is 3. The van der Waals surface area contributed by atoms with E-state index in [0.29, 0.717) is 28.9 Å². The molecule has 260 valence electrons. The van der Waals surface area contributed by atoms with Crippen molar-refractivity contribution in [2.75, 3.05) is 37.4 Å². The first kappa shape index (κ1) is 37.6. The second-order valence-corrected chi connectivity index (χ2v) is 12.5. The van der Waals surface area contributed by atoms with Gasteiger partial charge in [0.25, 0.3) is 5.91 Å². The molecule has 1 aliphatic heterocycles. The average Bonchev–Trinajstić information content (AvgIpc) is 2.95. The summed E-state index contributed by atoms with van der Waals surface area (Å²) in [6, 6.07) is 7.93. The van der Waals surface area contributed by atoms with Crippen molar-refractivity contribution in [2.24, 2.45) is 5.41 Å². The maximum Gasteiger partial charge on any atom is 0.490 e. The molecule has 4 N–H and O–H groups in total. The highest BCUT2D eigenvalue weighted by atomic mass is 19.4. The van der Waals surface area contributed by atoms with Crippen LogP contribution in [0, 0.1) is 24.0 Å². The van der Waals surface area contributed by atoms with Gasteiger partial charge in [-0.1, -0.05) is 26.0 Å². The van der Waals surface area contributed by atoms with E-state index in [1.807, 2.05) is 40.9 Å². The van der Waals surface area contributed by atoms with Crippen LogP contribution in [0.25, 0.3) is 11.3 Å². The van der Waals surface area contributed by atoms with E-state index in [1.54, 1.807) is 12.1 Å². The fourth-order valence-corrected chi connectivity index (χ4v) is 4.97. The first-order valence-electron chi connectivity index (χ1n) is 14.7. The third-order valence-corrected chi connectivity index (χ3v) is 6.86. The number of carbonyl (C=O) groups excluding carboxylic acids is 2. The van der Waals surface area contributed by atoms with Crippen LogP contribution in [0.15, 0.2) is 36.4 Å². The van der Waals surface area contributed by atoms with Crippen molar-refractivity contribution < 1.29 is 41.4 Å². The van der Waals surface area contributed by atoms with Gasteiger partial charge in [0.2, 0.25) is 5.95 Å². The number of fused-ring (bicyclic) bond motifs is 1. The molecule has 48 heavy (non-hydrogen) atoms. The van der Waals surface area contributed by atoms with E-state index in [1.165, 1.54) is 6.07 Å². The number of hydrogen-bond acceptors (Lipinski definition) is 7. The van der Waals surface area contributed by atoms with Gasteiger partial charge < -0.3 is 26.0 Å². The van der Waals surface area contributed by atoms with Gasteiger partial charge in [-0.25, -0.2) is 28.3 Å². The van der Waals surface area contributed by atoms with Crippen molar-refractivity contribution in [3.05, 3.63) is 64.7 Å². The minimum atomic E-state index is -5.08. The SMILES string of the molecule is Cc1ccc(C(=O)NC(C)C)cc1-c1nc(NCC(C)(C)CN(C)C)nc2c1CNC(=O)N2c1c(F)cccc1F.O=C(O)C(F)(F)F. The summed E-state index contributed by atoms with van der Waals surface area (Å²) in [7, 11) is 3.97. The number of aromatic nitrogens is 2. The van der Waals surface area contributed by atoms with Crippen LogP contribution in [0.4, 0.5) is 44.2 Å². The van der Waals surface area contributed by atoms with Crippen molar-refractivity contribution in [3.63, 3.8) is 0 Å². The summed E-state index contributed by atoms with van der Waals surface area (Å²) in [6.45, 7) is 11.1. The molecule has 2 aromatic carbocycles. The zero-order valence-electron chi connectivity index (χ0n) is 27.5. The zero-order chi connectivity index (χ0) is 36.1. The molecule has 16 heteroatoms. The molecular weight excluding hydrogens is 641 g/mol. The summed E-state index contributed by atoms with van der Waals surface area (Å²) in [4.78, 5) is 47.3.